The van der Waals surface area contributed by atoms with Crippen molar-refractivity contribution in [3.05, 3.63) is 74.7 Å². The molecule has 3 rings (SSSR count). The number of halogens is 2. The van der Waals surface area contributed by atoms with Gasteiger partial charge in [-0.1, -0.05) is 53.5 Å². The minimum absolute atomic E-state index is 0.0972. The first-order valence-electron chi connectivity index (χ1n) is 9.89. The van der Waals surface area contributed by atoms with Crippen molar-refractivity contribution in [3.63, 3.8) is 0 Å². The number of rotatable bonds is 7. The van der Waals surface area contributed by atoms with E-state index in [0.29, 0.717) is 23.7 Å². The minimum Gasteiger partial charge on any atom is -0.507 e. The molecule has 1 N–H and O–H groups in total. The van der Waals surface area contributed by atoms with Crippen LogP contribution in [-0.2, 0) is 9.59 Å². The molecular weight excluding hydrogens is 468 g/mol. The van der Waals surface area contributed by atoms with Crippen LogP contribution in [0.15, 0.2) is 58.6 Å². The first-order valence-corrected chi connectivity index (χ1v) is 11.1. The molecule has 2 aromatic carbocycles. The number of Topliss-reactive ketones (excluding diaryl/α,β-unsaturated/α-hetero) is 1. The Morgan fingerprint density at radius 1 is 1.13 bits per heavy atom. The maximum atomic E-state index is 13.0. The highest BCUT2D eigenvalue weighted by atomic mass is 79.9. The smallest absolute Gasteiger partial charge is 0.295 e. The van der Waals surface area contributed by atoms with Gasteiger partial charge in [-0.3, -0.25) is 9.59 Å². The second-order valence-electron chi connectivity index (χ2n) is 7.08. The van der Waals surface area contributed by atoms with Gasteiger partial charge in [0.05, 0.1) is 11.6 Å². The molecule has 1 atom stereocenters. The molecule has 0 aromatic heterocycles. The Labute approximate surface area is 190 Å². The summed E-state index contributed by atoms with van der Waals surface area (Å²) in [6.45, 7) is 6.86. The fraction of sp³-hybridized carbons (Fsp3) is 0.304. The standard InChI is InChI=1S/C23H24BrClN2O3/c1-3-26(4-2)12-13-27-20(16-6-5-7-17(24)14-16)19(22(29)23(27)30)21(28)15-8-10-18(25)11-9-15/h5-11,14,20,28H,3-4,12-13H2,1-2H3/b21-19-. The third kappa shape index (κ3) is 4.61. The maximum Gasteiger partial charge on any atom is 0.295 e. The highest BCUT2D eigenvalue weighted by molar-refractivity contribution is 9.10. The number of hydrogen-bond donors (Lipinski definition) is 1. The van der Waals surface area contributed by atoms with Crippen LogP contribution in [0.2, 0.25) is 5.02 Å². The summed E-state index contributed by atoms with van der Waals surface area (Å²) in [7, 11) is 0. The average molecular weight is 492 g/mol. The molecule has 0 aliphatic carbocycles. The number of nitrogens with zero attached hydrogens (tertiary/aromatic N) is 2. The quantitative estimate of drug-likeness (QED) is 0.341. The van der Waals surface area contributed by atoms with Crippen LogP contribution >= 0.6 is 27.5 Å². The molecule has 1 aliphatic rings. The molecule has 1 amide bonds. The van der Waals surface area contributed by atoms with E-state index >= 15 is 0 Å². The summed E-state index contributed by atoms with van der Waals surface area (Å²) in [6.07, 6.45) is 0. The molecule has 30 heavy (non-hydrogen) atoms. The van der Waals surface area contributed by atoms with E-state index in [9.17, 15) is 14.7 Å². The fourth-order valence-electron chi connectivity index (χ4n) is 3.69. The summed E-state index contributed by atoms with van der Waals surface area (Å²) in [6, 6.07) is 13.4. The predicted octanol–water partition coefficient (Wildman–Crippen LogP) is 4.87. The lowest BCUT2D eigenvalue weighted by molar-refractivity contribution is -0.140. The van der Waals surface area contributed by atoms with Gasteiger partial charge in [-0.05, 0) is 55.1 Å². The summed E-state index contributed by atoms with van der Waals surface area (Å²) in [5.41, 5.74) is 1.31. The number of carbonyl (C=O) groups is 2. The van der Waals surface area contributed by atoms with Gasteiger partial charge in [-0.15, -0.1) is 0 Å². The second kappa shape index (κ2) is 9.77. The van der Waals surface area contributed by atoms with E-state index in [1.54, 1.807) is 29.2 Å². The molecule has 7 heteroatoms. The number of benzene rings is 2. The van der Waals surface area contributed by atoms with Crippen molar-refractivity contribution in [1.82, 2.24) is 9.80 Å². The zero-order valence-electron chi connectivity index (χ0n) is 16.9. The lowest BCUT2D eigenvalue weighted by atomic mass is 9.95. The number of ketones is 1. The predicted molar refractivity (Wildman–Crippen MR) is 122 cm³/mol. The number of carbonyl (C=O) groups excluding carboxylic acids is 2. The average Bonchev–Trinajstić information content (AvgIpc) is 2.99. The molecule has 0 bridgehead atoms. The Morgan fingerprint density at radius 2 is 1.80 bits per heavy atom. The zero-order chi connectivity index (χ0) is 21.8. The molecule has 1 fully saturated rings. The van der Waals surface area contributed by atoms with Crippen LogP contribution in [0.5, 0.6) is 0 Å². The van der Waals surface area contributed by atoms with Gasteiger partial charge in [-0.25, -0.2) is 0 Å². The number of amides is 1. The molecule has 1 aliphatic heterocycles. The lowest BCUT2D eigenvalue weighted by Crippen LogP contribution is -2.38. The Kier molecular flexibility index (Phi) is 7.34. The molecule has 1 saturated heterocycles. The van der Waals surface area contributed by atoms with E-state index < -0.39 is 17.7 Å². The van der Waals surface area contributed by atoms with Gasteiger partial charge in [0.1, 0.15) is 5.76 Å². The SMILES string of the molecule is CCN(CC)CCN1C(=O)C(=O)/C(=C(\O)c2ccc(Cl)cc2)C1c1cccc(Br)c1. The number of likely N-dealkylation sites (N-methyl/N-ethyl adjacent to an activating group) is 1. The molecule has 0 saturated carbocycles. The van der Waals surface area contributed by atoms with Gasteiger partial charge in [0.25, 0.3) is 11.7 Å². The van der Waals surface area contributed by atoms with Crippen molar-refractivity contribution >= 4 is 45.0 Å². The number of aliphatic hydroxyl groups is 1. The number of likely N-dealkylation sites (tertiary alicyclic amines) is 1. The third-order valence-electron chi connectivity index (χ3n) is 5.37. The molecule has 2 aromatic rings. The van der Waals surface area contributed by atoms with Crippen LogP contribution in [0, 0.1) is 0 Å². The molecule has 0 spiro atoms. The minimum atomic E-state index is -0.674. The van der Waals surface area contributed by atoms with Crippen LogP contribution in [0.25, 0.3) is 5.76 Å². The van der Waals surface area contributed by atoms with Crippen LogP contribution in [0.4, 0.5) is 0 Å². The van der Waals surface area contributed by atoms with Crippen molar-refractivity contribution in [1.29, 1.82) is 0 Å². The third-order valence-corrected chi connectivity index (χ3v) is 6.12. The van der Waals surface area contributed by atoms with E-state index in [1.165, 1.54) is 0 Å². The van der Waals surface area contributed by atoms with Crippen molar-refractivity contribution in [3.8, 4) is 0 Å². The van der Waals surface area contributed by atoms with Crippen LogP contribution in [0.3, 0.4) is 0 Å². The molecule has 1 unspecified atom stereocenters. The first kappa shape index (κ1) is 22.5. The molecule has 158 valence electrons. The number of hydrogen-bond acceptors (Lipinski definition) is 4. The fourth-order valence-corrected chi connectivity index (χ4v) is 4.23. The number of aliphatic hydroxyl groups excluding tert-OH is 1. The Bertz CT molecular complexity index is 971. The largest absolute Gasteiger partial charge is 0.507 e. The Balaban J connectivity index is 2.09. The summed E-state index contributed by atoms with van der Waals surface area (Å²) >= 11 is 9.42. The highest BCUT2D eigenvalue weighted by Gasteiger charge is 2.46. The summed E-state index contributed by atoms with van der Waals surface area (Å²) in [4.78, 5) is 29.7. The Hall–Kier alpha value is -2.15. The second-order valence-corrected chi connectivity index (χ2v) is 8.43. The molecule has 1 heterocycles. The summed E-state index contributed by atoms with van der Waals surface area (Å²) in [5.74, 6) is -1.46. The molecular formula is C23H24BrClN2O3. The molecule has 5 nitrogen and oxygen atoms in total. The van der Waals surface area contributed by atoms with Crippen molar-refractivity contribution in [2.45, 2.75) is 19.9 Å². The van der Waals surface area contributed by atoms with Crippen molar-refractivity contribution in [2.24, 2.45) is 0 Å². The van der Waals surface area contributed by atoms with Crippen LogP contribution in [-0.4, -0.2) is 52.8 Å². The van der Waals surface area contributed by atoms with Gasteiger partial charge in [0, 0.05) is 28.1 Å². The van der Waals surface area contributed by atoms with Crippen molar-refractivity contribution < 1.29 is 14.7 Å². The first-order chi connectivity index (χ1) is 14.4. The molecule has 0 radical (unpaired) electrons. The summed E-state index contributed by atoms with van der Waals surface area (Å²) < 4.78 is 0.834. The highest BCUT2D eigenvalue weighted by Crippen LogP contribution is 2.40. The van der Waals surface area contributed by atoms with Gasteiger partial charge in [0.2, 0.25) is 0 Å². The summed E-state index contributed by atoms with van der Waals surface area (Å²) in [5, 5.41) is 11.5. The topological polar surface area (TPSA) is 60.9 Å². The normalized spacial score (nSPS) is 18.4. The maximum absolute atomic E-state index is 13.0. The van der Waals surface area contributed by atoms with Gasteiger partial charge in [-0.2, -0.15) is 0 Å². The van der Waals surface area contributed by atoms with Crippen molar-refractivity contribution in [2.75, 3.05) is 26.2 Å². The van der Waals surface area contributed by atoms with E-state index in [-0.39, 0.29) is 11.3 Å². The monoisotopic (exact) mass is 490 g/mol. The van der Waals surface area contributed by atoms with E-state index in [4.69, 9.17) is 11.6 Å². The van der Waals surface area contributed by atoms with E-state index in [1.807, 2.05) is 24.3 Å². The Morgan fingerprint density at radius 3 is 2.40 bits per heavy atom. The van der Waals surface area contributed by atoms with Crippen LogP contribution < -0.4 is 0 Å². The zero-order valence-corrected chi connectivity index (χ0v) is 19.3. The van der Waals surface area contributed by atoms with Gasteiger partial charge >= 0.3 is 0 Å². The van der Waals surface area contributed by atoms with Gasteiger partial charge < -0.3 is 14.9 Å². The van der Waals surface area contributed by atoms with Gasteiger partial charge in [0.15, 0.2) is 0 Å². The van der Waals surface area contributed by atoms with Crippen LogP contribution in [0.1, 0.15) is 31.0 Å². The van der Waals surface area contributed by atoms with E-state index in [0.717, 1.165) is 23.1 Å². The van der Waals surface area contributed by atoms with E-state index in [2.05, 4.69) is 34.7 Å². The lowest BCUT2D eigenvalue weighted by Gasteiger charge is -2.28.